The van der Waals surface area contributed by atoms with E-state index in [9.17, 15) is 9.90 Å². The van der Waals surface area contributed by atoms with Gasteiger partial charge in [-0.2, -0.15) is 0 Å². The van der Waals surface area contributed by atoms with Gasteiger partial charge >= 0.3 is 0 Å². The topological polar surface area (TPSA) is 49.8 Å². The number of hydrogen-bond acceptors (Lipinski definition) is 3. The number of nitrogens with zero attached hydrogens (tertiary/aromatic N) is 1. The quantitative estimate of drug-likeness (QED) is 0.836. The first-order chi connectivity index (χ1) is 9.20. The van der Waals surface area contributed by atoms with Gasteiger partial charge in [0.15, 0.2) is 5.72 Å². The lowest BCUT2D eigenvalue weighted by molar-refractivity contribution is -0.152. The van der Waals surface area contributed by atoms with Crippen molar-refractivity contribution in [3.63, 3.8) is 0 Å². The first kappa shape index (κ1) is 12.4. The summed E-state index contributed by atoms with van der Waals surface area (Å²) in [7, 11) is 0. The summed E-state index contributed by atoms with van der Waals surface area (Å²) >= 11 is 0. The molecule has 2 atom stereocenters. The second-order valence-corrected chi connectivity index (χ2v) is 5.01. The molecule has 1 aromatic rings. The third-order valence-corrected chi connectivity index (χ3v) is 3.74. The van der Waals surface area contributed by atoms with E-state index in [-0.39, 0.29) is 12.3 Å². The van der Waals surface area contributed by atoms with Crippen LogP contribution in [0.5, 0.6) is 0 Å². The van der Waals surface area contributed by atoms with E-state index in [4.69, 9.17) is 4.74 Å². The number of carbonyl (C=O) groups is 1. The molecule has 19 heavy (non-hydrogen) atoms. The van der Waals surface area contributed by atoms with Gasteiger partial charge < -0.3 is 14.7 Å². The van der Waals surface area contributed by atoms with Crippen LogP contribution in [-0.2, 0) is 16.1 Å². The lowest BCUT2D eigenvalue weighted by Gasteiger charge is -2.37. The number of benzene rings is 1. The Morgan fingerprint density at radius 3 is 2.95 bits per heavy atom. The summed E-state index contributed by atoms with van der Waals surface area (Å²) in [6.45, 7) is 0.972. The molecular formula is C15H17NO3. The molecule has 0 radical (unpaired) electrons. The molecule has 3 rings (SSSR count). The molecule has 1 unspecified atom stereocenters. The van der Waals surface area contributed by atoms with Crippen molar-refractivity contribution in [3.8, 4) is 0 Å². The van der Waals surface area contributed by atoms with Crippen molar-refractivity contribution in [3.05, 3.63) is 48.0 Å². The van der Waals surface area contributed by atoms with Crippen LogP contribution in [0.4, 0.5) is 0 Å². The second-order valence-electron chi connectivity index (χ2n) is 5.01. The van der Waals surface area contributed by atoms with Gasteiger partial charge in [-0.3, -0.25) is 4.79 Å². The maximum Gasteiger partial charge on any atom is 0.227 e. The van der Waals surface area contributed by atoms with Crippen LogP contribution in [0.25, 0.3) is 0 Å². The van der Waals surface area contributed by atoms with Crippen LogP contribution in [0.2, 0.25) is 0 Å². The molecule has 0 aromatic heterocycles. The molecule has 4 heteroatoms. The van der Waals surface area contributed by atoms with Crippen LogP contribution in [0.1, 0.15) is 18.4 Å². The second kappa shape index (κ2) is 4.79. The molecule has 0 bridgehead atoms. The Morgan fingerprint density at radius 2 is 2.16 bits per heavy atom. The summed E-state index contributed by atoms with van der Waals surface area (Å²) < 4.78 is 5.77. The van der Waals surface area contributed by atoms with E-state index in [2.05, 4.69) is 0 Å². The van der Waals surface area contributed by atoms with Gasteiger partial charge in [-0.1, -0.05) is 36.4 Å². The van der Waals surface area contributed by atoms with Gasteiger partial charge in [0, 0.05) is 6.54 Å². The van der Waals surface area contributed by atoms with Crippen molar-refractivity contribution < 1.29 is 14.6 Å². The van der Waals surface area contributed by atoms with E-state index < -0.39 is 11.8 Å². The fourth-order valence-corrected chi connectivity index (χ4v) is 2.71. The Morgan fingerprint density at radius 1 is 1.37 bits per heavy atom. The van der Waals surface area contributed by atoms with Gasteiger partial charge in [-0.15, -0.1) is 0 Å². The predicted molar refractivity (Wildman–Crippen MR) is 70.1 cm³/mol. The van der Waals surface area contributed by atoms with Crippen molar-refractivity contribution in [1.29, 1.82) is 0 Å². The number of fused-ring (bicyclic) bond motifs is 1. The number of amides is 1. The van der Waals surface area contributed by atoms with Gasteiger partial charge in [0.05, 0.1) is 13.0 Å². The summed E-state index contributed by atoms with van der Waals surface area (Å²) in [6, 6.07) is 9.77. The third-order valence-electron chi connectivity index (χ3n) is 3.74. The molecule has 0 saturated carbocycles. The summed E-state index contributed by atoms with van der Waals surface area (Å²) in [5.41, 5.74) is -0.221. The largest absolute Gasteiger partial charge is 0.368 e. The summed E-state index contributed by atoms with van der Waals surface area (Å²) in [6.07, 6.45) is 4.15. The average molecular weight is 259 g/mol. The van der Waals surface area contributed by atoms with E-state index in [0.717, 1.165) is 12.0 Å². The SMILES string of the molecule is O=C1C[C@H](OCc2ccccc2)C2(O)C=CCCN12. The Labute approximate surface area is 112 Å². The molecule has 0 spiro atoms. The maximum absolute atomic E-state index is 11.9. The first-order valence-corrected chi connectivity index (χ1v) is 6.56. The van der Waals surface area contributed by atoms with E-state index >= 15 is 0 Å². The molecule has 1 saturated heterocycles. The Hall–Kier alpha value is -1.65. The van der Waals surface area contributed by atoms with E-state index in [0.29, 0.717) is 13.2 Å². The van der Waals surface area contributed by atoms with Crippen molar-refractivity contribution in [1.82, 2.24) is 4.90 Å². The fourth-order valence-electron chi connectivity index (χ4n) is 2.71. The average Bonchev–Trinajstić information content (AvgIpc) is 2.69. The molecule has 100 valence electrons. The molecule has 2 aliphatic rings. The molecule has 4 nitrogen and oxygen atoms in total. The van der Waals surface area contributed by atoms with Crippen molar-refractivity contribution in [2.45, 2.75) is 31.3 Å². The molecule has 1 aromatic carbocycles. The summed E-state index contributed by atoms with van der Waals surface area (Å²) in [4.78, 5) is 13.4. The summed E-state index contributed by atoms with van der Waals surface area (Å²) in [5, 5.41) is 10.6. The first-order valence-electron chi connectivity index (χ1n) is 6.56. The minimum absolute atomic E-state index is 0.0371. The normalized spacial score (nSPS) is 29.6. The van der Waals surface area contributed by atoms with Crippen molar-refractivity contribution in [2.24, 2.45) is 0 Å². The lowest BCUT2D eigenvalue weighted by atomic mass is 10.0. The zero-order chi connectivity index (χ0) is 13.3. The number of ether oxygens (including phenoxy) is 1. The third kappa shape index (κ3) is 2.17. The monoisotopic (exact) mass is 259 g/mol. The van der Waals surface area contributed by atoms with Gasteiger partial charge in [0.25, 0.3) is 0 Å². The van der Waals surface area contributed by atoms with Crippen LogP contribution in [-0.4, -0.2) is 34.3 Å². The van der Waals surface area contributed by atoms with E-state index in [1.807, 2.05) is 36.4 Å². The molecule has 2 heterocycles. The fraction of sp³-hybridized carbons (Fsp3) is 0.400. The van der Waals surface area contributed by atoms with E-state index in [1.165, 1.54) is 4.90 Å². The molecule has 1 N–H and O–H groups in total. The van der Waals surface area contributed by atoms with Gasteiger partial charge in [0.1, 0.15) is 6.10 Å². The predicted octanol–water partition coefficient (Wildman–Crippen LogP) is 1.45. The van der Waals surface area contributed by atoms with Crippen molar-refractivity contribution in [2.75, 3.05) is 6.54 Å². The molecule has 2 aliphatic heterocycles. The van der Waals surface area contributed by atoms with Crippen LogP contribution in [0.3, 0.4) is 0 Å². The molecule has 1 amide bonds. The smallest absolute Gasteiger partial charge is 0.227 e. The summed E-state index contributed by atoms with van der Waals surface area (Å²) in [5.74, 6) is -0.0371. The Kier molecular flexibility index (Phi) is 3.12. The lowest BCUT2D eigenvalue weighted by Crippen LogP contribution is -2.52. The van der Waals surface area contributed by atoms with Crippen LogP contribution in [0.15, 0.2) is 42.5 Å². The van der Waals surface area contributed by atoms with E-state index in [1.54, 1.807) is 6.08 Å². The van der Waals surface area contributed by atoms with Crippen LogP contribution < -0.4 is 0 Å². The molecular weight excluding hydrogens is 242 g/mol. The van der Waals surface area contributed by atoms with Crippen LogP contribution in [0, 0.1) is 0 Å². The molecule has 0 aliphatic carbocycles. The zero-order valence-electron chi connectivity index (χ0n) is 10.7. The Balaban J connectivity index is 1.73. The molecule has 1 fully saturated rings. The van der Waals surface area contributed by atoms with Crippen LogP contribution >= 0.6 is 0 Å². The number of hydrogen-bond donors (Lipinski definition) is 1. The van der Waals surface area contributed by atoms with Gasteiger partial charge in [0.2, 0.25) is 5.91 Å². The highest BCUT2D eigenvalue weighted by molar-refractivity contribution is 5.81. The zero-order valence-corrected chi connectivity index (χ0v) is 10.7. The van der Waals surface area contributed by atoms with Gasteiger partial charge in [-0.05, 0) is 18.1 Å². The maximum atomic E-state index is 11.9. The Bertz CT molecular complexity index is 499. The standard InChI is InChI=1S/C15H17NO3/c17-14-10-13(15(18)8-4-5-9-16(14)15)19-11-12-6-2-1-3-7-12/h1-4,6-8,13,18H,5,9-11H2/t13-,15?/m0/s1. The number of rotatable bonds is 3. The van der Waals surface area contributed by atoms with Crippen molar-refractivity contribution >= 4 is 5.91 Å². The minimum atomic E-state index is -1.26. The number of carbonyl (C=O) groups excluding carboxylic acids is 1. The minimum Gasteiger partial charge on any atom is -0.368 e. The highest BCUT2D eigenvalue weighted by atomic mass is 16.5. The van der Waals surface area contributed by atoms with Gasteiger partial charge in [-0.25, -0.2) is 0 Å². The highest BCUT2D eigenvalue weighted by Gasteiger charge is 2.51. The number of aliphatic hydroxyl groups is 1. The highest BCUT2D eigenvalue weighted by Crippen LogP contribution is 2.35.